The van der Waals surface area contributed by atoms with Gasteiger partial charge in [-0.05, 0) is 24.6 Å². The van der Waals surface area contributed by atoms with Crippen molar-refractivity contribution in [2.75, 3.05) is 19.7 Å². The van der Waals surface area contributed by atoms with Gasteiger partial charge in [-0.15, -0.1) is 0 Å². The van der Waals surface area contributed by atoms with E-state index in [1.807, 2.05) is 0 Å². The maximum atomic E-state index is 13.5. The topological polar surface area (TPSA) is 50.4 Å². The predicted molar refractivity (Wildman–Crippen MR) is 80.2 cm³/mol. The van der Waals surface area contributed by atoms with Gasteiger partial charge in [0, 0.05) is 18.1 Å². The molecule has 1 aliphatic heterocycles. The van der Waals surface area contributed by atoms with E-state index >= 15 is 0 Å². The Kier molecular flexibility index (Phi) is 5.81. The van der Waals surface area contributed by atoms with Gasteiger partial charge in [0.25, 0.3) is 0 Å². The van der Waals surface area contributed by atoms with Crippen LogP contribution in [0.4, 0.5) is 4.39 Å². The fourth-order valence-corrected chi connectivity index (χ4v) is 2.75. The highest BCUT2D eigenvalue weighted by molar-refractivity contribution is 6.35. The number of halogens is 3. The summed E-state index contributed by atoms with van der Waals surface area (Å²) in [7, 11) is 0. The van der Waals surface area contributed by atoms with Crippen molar-refractivity contribution >= 4 is 29.1 Å². The summed E-state index contributed by atoms with van der Waals surface area (Å²) in [5.41, 5.74) is 0.495. The maximum Gasteiger partial charge on any atom is 0.223 e. The molecule has 1 aromatic rings. The number of amides is 1. The van der Waals surface area contributed by atoms with E-state index in [0.717, 1.165) is 6.54 Å². The number of carbonyl (C=O) groups is 1. The highest BCUT2D eigenvalue weighted by Crippen LogP contribution is 2.28. The van der Waals surface area contributed by atoms with E-state index in [0.29, 0.717) is 23.7 Å². The number of rotatable bonds is 4. The summed E-state index contributed by atoms with van der Waals surface area (Å²) in [5.74, 6) is -0.723. The van der Waals surface area contributed by atoms with Crippen LogP contribution in [0.15, 0.2) is 12.1 Å². The van der Waals surface area contributed by atoms with Crippen LogP contribution in [0.3, 0.4) is 0 Å². The van der Waals surface area contributed by atoms with Gasteiger partial charge in [0.15, 0.2) is 0 Å². The lowest BCUT2D eigenvalue weighted by Gasteiger charge is -2.24. The van der Waals surface area contributed by atoms with Crippen molar-refractivity contribution in [3.05, 3.63) is 33.6 Å². The van der Waals surface area contributed by atoms with Crippen LogP contribution in [0, 0.1) is 5.82 Å². The van der Waals surface area contributed by atoms with E-state index in [1.165, 1.54) is 12.1 Å². The molecular formula is C14H17Cl2FN2O2. The Morgan fingerprint density at radius 2 is 2.29 bits per heavy atom. The number of ether oxygens (including phenoxy) is 1. The number of hydrogen-bond acceptors (Lipinski definition) is 3. The molecule has 0 spiro atoms. The smallest absolute Gasteiger partial charge is 0.223 e. The van der Waals surface area contributed by atoms with Gasteiger partial charge in [0.2, 0.25) is 5.91 Å². The summed E-state index contributed by atoms with van der Waals surface area (Å²) in [6.45, 7) is 3.79. The lowest BCUT2D eigenvalue weighted by atomic mass is 10.1. The average molecular weight is 335 g/mol. The first-order valence-corrected chi connectivity index (χ1v) is 7.49. The van der Waals surface area contributed by atoms with Crippen LogP contribution in [0.1, 0.15) is 24.9 Å². The Morgan fingerprint density at radius 3 is 2.95 bits per heavy atom. The van der Waals surface area contributed by atoms with Gasteiger partial charge < -0.3 is 15.4 Å². The number of morpholine rings is 1. The molecule has 116 valence electrons. The SMILES string of the molecule is C[C@H](NC(=O)C[C@@H]1CNCCO1)c1cc(F)c(Cl)cc1Cl. The molecule has 1 saturated heterocycles. The second kappa shape index (κ2) is 7.40. The van der Waals surface area contributed by atoms with Crippen molar-refractivity contribution in [2.45, 2.75) is 25.5 Å². The van der Waals surface area contributed by atoms with Crippen molar-refractivity contribution < 1.29 is 13.9 Å². The Bertz CT molecular complexity index is 522. The first kappa shape index (κ1) is 16.5. The molecule has 1 aromatic carbocycles. The van der Waals surface area contributed by atoms with Crippen LogP contribution in [0.2, 0.25) is 10.0 Å². The molecule has 1 fully saturated rings. The van der Waals surface area contributed by atoms with Gasteiger partial charge in [0.1, 0.15) is 5.82 Å². The molecule has 1 aliphatic rings. The van der Waals surface area contributed by atoms with Gasteiger partial charge in [-0.25, -0.2) is 4.39 Å². The van der Waals surface area contributed by atoms with Gasteiger partial charge in [-0.2, -0.15) is 0 Å². The minimum atomic E-state index is -0.558. The number of hydrogen-bond donors (Lipinski definition) is 2. The molecule has 0 aromatic heterocycles. The monoisotopic (exact) mass is 334 g/mol. The minimum absolute atomic E-state index is 0.0380. The van der Waals surface area contributed by atoms with E-state index in [2.05, 4.69) is 10.6 Å². The van der Waals surface area contributed by atoms with Crippen LogP contribution in [0.25, 0.3) is 0 Å². The van der Waals surface area contributed by atoms with Crippen LogP contribution >= 0.6 is 23.2 Å². The molecule has 21 heavy (non-hydrogen) atoms. The van der Waals surface area contributed by atoms with Gasteiger partial charge in [-0.3, -0.25) is 4.79 Å². The first-order valence-electron chi connectivity index (χ1n) is 6.73. The Labute approximate surface area is 132 Å². The van der Waals surface area contributed by atoms with E-state index in [1.54, 1.807) is 6.92 Å². The van der Waals surface area contributed by atoms with Crippen LogP contribution in [0.5, 0.6) is 0 Å². The van der Waals surface area contributed by atoms with Crippen molar-refractivity contribution in [3.8, 4) is 0 Å². The standard InChI is InChI=1S/C14H17Cl2FN2O2/c1-8(10-5-13(17)12(16)6-11(10)15)19-14(20)4-9-7-18-2-3-21-9/h5-6,8-9,18H,2-4,7H2,1H3,(H,19,20)/t8-,9+/m0/s1. The van der Waals surface area contributed by atoms with Crippen LogP contribution < -0.4 is 10.6 Å². The third-order valence-electron chi connectivity index (χ3n) is 3.30. The molecule has 1 amide bonds. The molecule has 0 radical (unpaired) electrons. The van der Waals surface area contributed by atoms with E-state index in [4.69, 9.17) is 27.9 Å². The summed E-state index contributed by atoms with van der Waals surface area (Å²) in [5, 5.41) is 6.23. The summed E-state index contributed by atoms with van der Waals surface area (Å²) >= 11 is 11.7. The number of benzene rings is 1. The summed E-state index contributed by atoms with van der Waals surface area (Å²) in [4.78, 5) is 12.0. The van der Waals surface area contributed by atoms with Crippen LogP contribution in [-0.2, 0) is 9.53 Å². The lowest BCUT2D eigenvalue weighted by Crippen LogP contribution is -2.41. The molecule has 2 N–H and O–H groups in total. The lowest BCUT2D eigenvalue weighted by molar-refractivity contribution is -0.125. The largest absolute Gasteiger partial charge is 0.375 e. The Morgan fingerprint density at radius 1 is 1.52 bits per heavy atom. The highest BCUT2D eigenvalue weighted by Gasteiger charge is 2.20. The third-order valence-corrected chi connectivity index (χ3v) is 3.92. The van der Waals surface area contributed by atoms with E-state index in [9.17, 15) is 9.18 Å². The van der Waals surface area contributed by atoms with Crippen molar-refractivity contribution in [1.82, 2.24) is 10.6 Å². The van der Waals surface area contributed by atoms with Crippen molar-refractivity contribution in [2.24, 2.45) is 0 Å². The molecule has 1 heterocycles. The second-order valence-electron chi connectivity index (χ2n) is 4.98. The normalized spacial score (nSPS) is 20.1. The molecule has 0 unspecified atom stereocenters. The fraction of sp³-hybridized carbons (Fsp3) is 0.500. The molecule has 4 nitrogen and oxygen atoms in total. The Balaban J connectivity index is 1.95. The first-order chi connectivity index (χ1) is 9.97. The Hall–Kier alpha value is -0.880. The average Bonchev–Trinajstić information content (AvgIpc) is 2.43. The third kappa shape index (κ3) is 4.54. The summed E-state index contributed by atoms with van der Waals surface area (Å²) in [6.07, 6.45) is 0.119. The van der Waals surface area contributed by atoms with Crippen LogP contribution in [-0.4, -0.2) is 31.7 Å². The zero-order valence-corrected chi connectivity index (χ0v) is 13.1. The summed E-state index contributed by atoms with van der Waals surface area (Å²) in [6, 6.07) is 2.17. The number of carbonyl (C=O) groups excluding carboxylic acids is 1. The van der Waals surface area contributed by atoms with Gasteiger partial charge in [0.05, 0.1) is 30.2 Å². The molecule has 0 bridgehead atoms. The minimum Gasteiger partial charge on any atom is -0.375 e. The molecular weight excluding hydrogens is 318 g/mol. The summed E-state index contributed by atoms with van der Waals surface area (Å²) < 4.78 is 19.0. The molecule has 0 aliphatic carbocycles. The zero-order valence-electron chi connectivity index (χ0n) is 11.6. The highest BCUT2D eigenvalue weighted by atomic mass is 35.5. The van der Waals surface area contributed by atoms with E-state index in [-0.39, 0.29) is 23.5 Å². The predicted octanol–water partition coefficient (Wildman–Crippen LogP) is 2.69. The van der Waals surface area contributed by atoms with E-state index < -0.39 is 11.9 Å². The van der Waals surface area contributed by atoms with Gasteiger partial charge in [-0.1, -0.05) is 23.2 Å². The molecule has 7 heteroatoms. The second-order valence-corrected chi connectivity index (χ2v) is 5.79. The molecule has 0 saturated carbocycles. The maximum absolute atomic E-state index is 13.5. The number of nitrogens with one attached hydrogen (secondary N) is 2. The van der Waals surface area contributed by atoms with Gasteiger partial charge >= 0.3 is 0 Å². The van der Waals surface area contributed by atoms with Crippen molar-refractivity contribution in [1.29, 1.82) is 0 Å². The quantitative estimate of drug-likeness (QED) is 0.832. The van der Waals surface area contributed by atoms with Crippen molar-refractivity contribution in [3.63, 3.8) is 0 Å². The molecule has 2 atom stereocenters. The molecule has 2 rings (SSSR count). The fourth-order valence-electron chi connectivity index (χ4n) is 2.21. The zero-order chi connectivity index (χ0) is 15.4.